The molecule has 1 fully saturated rings. The minimum Gasteiger partial charge on any atom is -0.491 e. The normalized spacial score (nSPS) is 18.1. The molecule has 0 amide bonds. The van der Waals surface area contributed by atoms with Crippen molar-refractivity contribution < 1.29 is 9.84 Å². The van der Waals surface area contributed by atoms with Crippen LogP contribution in [0.15, 0.2) is 24.3 Å². The van der Waals surface area contributed by atoms with Crippen LogP contribution in [0, 0.1) is 12.3 Å². The third kappa shape index (κ3) is 4.51. The summed E-state index contributed by atoms with van der Waals surface area (Å²) in [5.74, 6) is 0.817. The summed E-state index contributed by atoms with van der Waals surface area (Å²) in [4.78, 5) is 0. The first-order valence-electron chi connectivity index (χ1n) is 7.22. The average molecular weight is 263 g/mol. The van der Waals surface area contributed by atoms with Crippen molar-refractivity contribution in [3.05, 3.63) is 29.8 Å². The second-order valence-corrected chi connectivity index (χ2v) is 5.76. The van der Waals surface area contributed by atoms with Crippen molar-refractivity contribution in [1.29, 1.82) is 0 Å². The maximum Gasteiger partial charge on any atom is 0.119 e. The van der Waals surface area contributed by atoms with Crippen LogP contribution in [-0.2, 0) is 0 Å². The van der Waals surface area contributed by atoms with Crippen LogP contribution in [0.1, 0.15) is 31.7 Å². The summed E-state index contributed by atoms with van der Waals surface area (Å²) in [5.41, 5.74) is 1.74. The maximum absolute atomic E-state index is 9.87. The van der Waals surface area contributed by atoms with Gasteiger partial charge in [-0.3, -0.25) is 0 Å². The number of ether oxygens (including phenoxy) is 1. The van der Waals surface area contributed by atoms with E-state index in [1.54, 1.807) is 0 Å². The molecule has 1 aliphatic rings. The topological polar surface area (TPSA) is 41.5 Å². The van der Waals surface area contributed by atoms with Crippen LogP contribution in [-0.4, -0.2) is 30.9 Å². The van der Waals surface area contributed by atoms with Crippen molar-refractivity contribution in [2.45, 2.75) is 39.2 Å². The van der Waals surface area contributed by atoms with Crippen LogP contribution in [0.25, 0.3) is 0 Å². The largest absolute Gasteiger partial charge is 0.491 e. The van der Waals surface area contributed by atoms with Gasteiger partial charge in [0.2, 0.25) is 0 Å². The number of rotatable bonds is 8. The molecule has 1 aromatic carbocycles. The lowest BCUT2D eigenvalue weighted by Crippen LogP contribution is -2.34. The molecule has 2 N–H and O–H groups in total. The Labute approximate surface area is 116 Å². The molecule has 0 aromatic heterocycles. The van der Waals surface area contributed by atoms with Crippen molar-refractivity contribution in [3.63, 3.8) is 0 Å². The predicted molar refractivity (Wildman–Crippen MR) is 77.5 cm³/mol. The minimum absolute atomic E-state index is 0.342. The summed E-state index contributed by atoms with van der Waals surface area (Å²) in [6, 6.07) is 7.90. The van der Waals surface area contributed by atoms with E-state index in [1.165, 1.54) is 24.8 Å². The SMILES string of the molecule is CCC1(CNCC(O)COc2ccc(C)cc2)CC1. The van der Waals surface area contributed by atoms with Gasteiger partial charge < -0.3 is 15.2 Å². The van der Waals surface area contributed by atoms with Crippen molar-refractivity contribution in [2.24, 2.45) is 5.41 Å². The van der Waals surface area contributed by atoms with E-state index in [1.807, 2.05) is 31.2 Å². The quantitative estimate of drug-likeness (QED) is 0.757. The molecule has 0 saturated heterocycles. The van der Waals surface area contributed by atoms with Crippen LogP contribution in [0.3, 0.4) is 0 Å². The number of aliphatic hydroxyl groups excluding tert-OH is 1. The fourth-order valence-electron chi connectivity index (χ4n) is 2.22. The minimum atomic E-state index is -0.450. The third-order valence-corrected chi connectivity index (χ3v) is 4.05. The summed E-state index contributed by atoms with van der Waals surface area (Å²) < 4.78 is 5.56. The van der Waals surface area contributed by atoms with Crippen molar-refractivity contribution in [3.8, 4) is 5.75 Å². The molecule has 1 saturated carbocycles. The Morgan fingerprint density at radius 1 is 1.32 bits per heavy atom. The third-order valence-electron chi connectivity index (χ3n) is 4.05. The fourth-order valence-corrected chi connectivity index (χ4v) is 2.22. The molecule has 0 radical (unpaired) electrons. The van der Waals surface area contributed by atoms with Crippen molar-refractivity contribution in [1.82, 2.24) is 5.32 Å². The molecule has 0 spiro atoms. The van der Waals surface area contributed by atoms with Gasteiger partial charge in [0, 0.05) is 13.1 Å². The number of hydrogen-bond acceptors (Lipinski definition) is 3. The van der Waals surface area contributed by atoms with Gasteiger partial charge >= 0.3 is 0 Å². The first-order valence-corrected chi connectivity index (χ1v) is 7.22. The predicted octanol–water partition coefficient (Wildman–Crippen LogP) is 2.51. The molecule has 19 heavy (non-hydrogen) atoms. The Morgan fingerprint density at radius 2 is 2.00 bits per heavy atom. The highest BCUT2D eigenvalue weighted by Crippen LogP contribution is 2.47. The van der Waals surface area contributed by atoms with E-state index >= 15 is 0 Å². The average Bonchev–Trinajstić information content (AvgIpc) is 3.19. The molecule has 1 aromatic rings. The van der Waals surface area contributed by atoms with Crippen LogP contribution < -0.4 is 10.1 Å². The van der Waals surface area contributed by atoms with Gasteiger partial charge in [0.05, 0.1) is 0 Å². The highest BCUT2D eigenvalue weighted by Gasteiger charge is 2.39. The van der Waals surface area contributed by atoms with E-state index in [0.29, 0.717) is 18.6 Å². The van der Waals surface area contributed by atoms with Gasteiger partial charge in [-0.15, -0.1) is 0 Å². The lowest BCUT2D eigenvalue weighted by Gasteiger charge is -2.17. The first-order chi connectivity index (χ1) is 9.13. The van der Waals surface area contributed by atoms with Crippen molar-refractivity contribution >= 4 is 0 Å². The van der Waals surface area contributed by atoms with E-state index in [9.17, 15) is 5.11 Å². The number of aryl methyl sites for hydroxylation is 1. The maximum atomic E-state index is 9.87. The van der Waals surface area contributed by atoms with E-state index in [-0.39, 0.29) is 0 Å². The molecule has 0 aliphatic heterocycles. The first kappa shape index (κ1) is 14.4. The highest BCUT2D eigenvalue weighted by molar-refractivity contribution is 5.26. The van der Waals surface area contributed by atoms with Gasteiger partial charge in [-0.1, -0.05) is 24.6 Å². The monoisotopic (exact) mass is 263 g/mol. The van der Waals surface area contributed by atoms with Gasteiger partial charge in [-0.2, -0.15) is 0 Å². The molecular weight excluding hydrogens is 238 g/mol. The van der Waals surface area contributed by atoms with E-state index in [2.05, 4.69) is 12.2 Å². The van der Waals surface area contributed by atoms with Gasteiger partial charge in [0.25, 0.3) is 0 Å². The lowest BCUT2D eigenvalue weighted by molar-refractivity contribution is 0.105. The highest BCUT2D eigenvalue weighted by atomic mass is 16.5. The summed E-state index contributed by atoms with van der Waals surface area (Å²) in [6.07, 6.45) is 3.43. The van der Waals surface area contributed by atoms with E-state index in [0.717, 1.165) is 12.3 Å². The Balaban J connectivity index is 1.61. The second kappa shape index (κ2) is 6.40. The van der Waals surface area contributed by atoms with Gasteiger partial charge in [0.15, 0.2) is 0 Å². The molecule has 106 valence electrons. The lowest BCUT2D eigenvalue weighted by atomic mass is 10.0. The summed E-state index contributed by atoms with van der Waals surface area (Å²) in [5, 5.41) is 13.2. The summed E-state index contributed by atoms with van der Waals surface area (Å²) in [6.45, 7) is 6.25. The Kier molecular flexibility index (Phi) is 4.83. The number of nitrogens with one attached hydrogen (secondary N) is 1. The fraction of sp³-hybridized carbons (Fsp3) is 0.625. The Bertz CT molecular complexity index is 384. The zero-order valence-electron chi connectivity index (χ0n) is 12.0. The van der Waals surface area contributed by atoms with Gasteiger partial charge in [-0.25, -0.2) is 0 Å². The molecule has 0 heterocycles. The number of benzene rings is 1. The van der Waals surface area contributed by atoms with E-state index < -0.39 is 6.10 Å². The Morgan fingerprint density at radius 3 is 2.58 bits per heavy atom. The second-order valence-electron chi connectivity index (χ2n) is 5.76. The molecule has 3 nitrogen and oxygen atoms in total. The van der Waals surface area contributed by atoms with Crippen LogP contribution in [0.5, 0.6) is 5.75 Å². The zero-order chi connectivity index (χ0) is 13.7. The molecule has 1 unspecified atom stereocenters. The van der Waals surface area contributed by atoms with Crippen LogP contribution >= 0.6 is 0 Å². The number of hydrogen-bond donors (Lipinski definition) is 2. The van der Waals surface area contributed by atoms with E-state index in [4.69, 9.17) is 4.74 Å². The molecule has 2 rings (SSSR count). The zero-order valence-corrected chi connectivity index (χ0v) is 12.0. The summed E-state index contributed by atoms with van der Waals surface area (Å²) >= 11 is 0. The summed E-state index contributed by atoms with van der Waals surface area (Å²) in [7, 11) is 0. The van der Waals surface area contributed by atoms with Gasteiger partial charge in [0.1, 0.15) is 18.5 Å². The molecule has 0 bridgehead atoms. The van der Waals surface area contributed by atoms with Crippen LogP contribution in [0.4, 0.5) is 0 Å². The molecule has 3 heteroatoms. The standard InChI is InChI=1S/C16H25NO2/c1-3-16(8-9-16)12-17-10-14(18)11-19-15-6-4-13(2)5-7-15/h4-7,14,17-18H,3,8-12H2,1-2H3. The Hall–Kier alpha value is -1.06. The molecule has 1 aliphatic carbocycles. The molecular formula is C16H25NO2. The van der Waals surface area contributed by atoms with Crippen LogP contribution in [0.2, 0.25) is 0 Å². The smallest absolute Gasteiger partial charge is 0.119 e. The van der Waals surface area contributed by atoms with Crippen molar-refractivity contribution in [2.75, 3.05) is 19.7 Å². The van der Waals surface area contributed by atoms with Gasteiger partial charge in [-0.05, 0) is 43.7 Å². The molecule has 1 atom stereocenters. The number of aliphatic hydroxyl groups is 1.